The van der Waals surface area contributed by atoms with Crippen molar-refractivity contribution in [1.82, 2.24) is 15.1 Å². The summed E-state index contributed by atoms with van der Waals surface area (Å²) in [7, 11) is 1.72. The average Bonchev–Trinajstić information content (AvgIpc) is 2.76. The number of nitrogens with zero attached hydrogens (tertiary/aromatic N) is 2. The van der Waals surface area contributed by atoms with E-state index in [0.717, 1.165) is 24.9 Å². The molecule has 1 unspecified atom stereocenters. The zero-order chi connectivity index (χ0) is 20.2. The number of methoxy groups -OCH3 is 1. The molecule has 6 heteroatoms. The zero-order valence-electron chi connectivity index (χ0n) is 17.0. The number of carbonyl (C=O) groups excluding carboxylic acids is 2. The summed E-state index contributed by atoms with van der Waals surface area (Å²) in [6, 6.07) is 14.3. The van der Waals surface area contributed by atoms with Gasteiger partial charge in [-0.05, 0) is 35.2 Å². The van der Waals surface area contributed by atoms with Crippen LogP contribution in [0.4, 0.5) is 0 Å². The molecule has 2 amide bonds. The highest BCUT2D eigenvalue weighted by Crippen LogP contribution is 2.21. The first kappa shape index (κ1) is 19.9. The Morgan fingerprint density at radius 2 is 1.86 bits per heavy atom. The molecule has 29 heavy (non-hydrogen) atoms. The molecule has 2 aliphatic heterocycles. The minimum atomic E-state index is -0.414. The van der Waals surface area contributed by atoms with E-state index in [9.17, 15) is 9.59 Å². The maximum atomic E-state index is 12.9. The monoisotopic (exact) mass is 395 g/mol. The Labute approximate surface area is 171 Å². The Morgan fingerprint density at radius 3 is 2.62 bits per heavy atom. The molecule has 0 aliphatic carbocycles. The molecule has 0 aromatic heterocycles. The molecule has 2 saturated heterocycles. The van der Waals surface area contributed by atoms with Crippen LogP contribution in [-0.4, -0.2) is 67.0 Å². The topological polar surface area (TPSA) is 61.9 Å². The number of hydrogen-bond donors (Lipinski definition) is 1. The first-order chi connectivity index (χ1) is 14.1. The molecule has 2 heterocycles. The Kier molecular flexibility index (Phi) is 6.11. The van der Waals surface area contributed by atoms with Gasteiger partial charge in [0.05, 0.1) is 18.6 Å². The van der Waals surface area contributed by atoms with Crippen molar-refractivity contribution in [3.63, 3.8) is 0 Å². The average molecular weight is 396 g/mol. The van der Waals surface area contributed by atoms with E-state index in [2.05, 4.69) is 40.5 Å². The van der Waals surface area contributed by atoms with E-state index >= 15 is 0 Å². The van der Waals surface area contributed by atoms with Crippen LogP contribution in [-0.2, 0) is 20.9 Å². The van der Waals surface area contributed by atoms with Gasteiger partial charge in [-0.2, -0.15) is 0 Å². The van der Waals surface area contributed by atoms with Gasteiger partial charge in [-0.25, -0.2) is 0 Å². The molecule has 0 spiro atoms. The molecule has 1 atom stereocenters. The number of fused-ring (bicyclic) bond motifs is 1. The van der Waals surface area contributed by atoms with Gasteiger partial charge in [0.1, 0.15) is 0 Å². The van der Waals surface area contributed by atoms with Crippen LogP contribution in [0.25, 0.3) is 10.8 Å². The Hall–Kier alpha value is -2.44. The normalized spacial score (nSPS) is 21.3. The lowest BCUT2D eigenvalue weighted by molar-refractivity contribution is -0.140. The van der Waals surface area contributed by atoms with Crippen molar-refractivity contribution in [2.45, 2.75) is 38.0 Å². The van der Waals surface area contributed by atoms with Gasteiger partial charge in [-0.3, -0.25) is 14.5 Å². The second-order valence-electron chi connectivity index (χ2n) is 7.98. The van der Waals surface area contributed by atoms with Crippen molar-refractivity contribution in [2.75, 3.05) is 33.3 Å². The van der Waals surface area contributed by atoms with Crippen molar-refractivity contribution >= 4 is 22.6 Å². The molecule has 6 nitrogen and oxygen atoms in total. The predicted molar refractivity (Wildman–Crippen MR) is 112 cm³/mol. The molecular weight excluding hydrogens is 366 g/mol. The molecule has 4 rings (SSSR count). The number of ether oxygens (including phenoxy) is 1. The maximum Gasteiger partial charge on any atom is 0.237 e. The fourth-order valence-electron chi connectivity index (χ4n) is 4.38. The van der Waals surface area contributed by atoms with E-state index in [1.54, 1.807) is 7.11 Å². The smallest absolute Gasteiger partial charge is 0.237 e. The van der Waals surface area contributed by atoms with Crippen LogP contribution in [0.15, 0.2) is 42.5 Å². The lowest BCUT2D eigenvalue weighted by Crippen LogP contribution is -2.56. The van der Waals surface area contributed by atoms with Crippen LogP contribution in [0.1, 0.15) is 24.8 Å². The second kappa shape index (κ2) is 8.93. The molecule has 2 aromatic rings. The maximum absolute atomic E-state index is 12.9. The van der Waals surface area contributed by atoms with E-state index in [1.807, 2.05) is 17.0 Å². The molecule has 154 valence electrons. The van der Waals surface area contributed by atoms with Crippen LogP contribution in [0.3, 0.4) is 0 Å². The van der Waals surface area contributed by atoms with Gasteiger partial charge in [0, 0.05) is 39.8 Å². The summed E-state index contributed by atoms with van der Waals surface area (Å²) in [6.45, 7) is 3.45. The van der Waals surface area contributed by atoms with Gasteiger partial charge in [-0.1, -0.05) is 36.4 Å². The summed E-state index contributed by atoms with van der Waals surface area (Å²) in [6.07, 6.45) is 2.19. The number of piperidine rings is 1. The van der Waals surface area contributed by atoms with E-state index in [0.29, 0.717) is 26.2 Å². The van der Waals surface area contributed by atoms with Crippen molar-refractivity contribution in [1.29, 1.82) is 0 Å². The second-order valence-corrected chi connectivity index (χ2v) is 7.98. The van der Waals surface area contributed by atoms with Gasteiger partial charge >= 0.3 is 0 Å². The number of nitrogens with one attached hydrogen (secondary N) is 1. The number of hydrogen-bond acceptors (Lipinski definition) is 4. The van der Waals surface area contributed by atoms with E-state index in [-0.39, 0.29) is 24.3 Å². The number of amides is 2. The third-order valence-corrected chi connectivity index (χ3v) is 6.14. The summed E-state index contributed by atoms with van der Waals surface area (Å²) < 4.78 is 5.39. The minimum Gasteiger partial charge on any atom is -0.381 e. The van der Waals surface area contributed by atoms with Crippen molar-refractivity contribution in [3.8, 4) is 0 Å². The van der Waals surface area contributed by atoms with Crippen LogP contribution in [0.5, 0.6) is 0 Å². The molecule has 1 N–H and O–H groups in total. The quantitative estimate of drug-likeness (QED) is 0.843. The highest BCUT2D eigenvalue weighted by Gasteiger charge is 2.33. The summed E-state index contributed by atoms with van der Waals surface area (Å²) in [5, 5.41) is 5.33. The number of likely N-dealkylation sites (tertiary alicyclic amines) is 1. The number of rotatable bonds is 5. The van der Waals surface area contributed by atoms with E-state index in [4.69, 9.17) is 4.74 Å². The van der Waals surface area contributed by atoms with Gasteiger partial charge < -0.3 is 15.0 Å². The summed E-state index contributed by atoms with van der Waals surface area (Å²) >= 11 is 0. The van der Waals surface area contributed by atoms with Gasteiger partial charge in [0.25, 0.3) is 0 Å². The summed E-state index contributed by atoms with van der Waals surface area (Å²) in [5.74, 6) is 0.0160. The van der Waals surface area contributed by atoms with E-state index < -0.39 is 6.04 Å². The highest BCUT2D eigenvalue weighted by molar-refractivity contribution is 5.89. The Bertz CT molecular complexity index is 877. The van der Waals surface area contributed by atoms with Crippen LogP contribution in [0, 0.1) is 0 Å². The van der Waals surface area contributed by atoms with Gasteiger partial charge in [-0.15, -0.1) is 0 Å². The fourth-order valence-corrected chi connectivity index (χ4v) is 4.38. The molecule has 0 bridgehead atoms. The lowest BCUT2D eigenvalue weighted by atomic mass is 10.0. The van der Waals surface area contributed by atoms with Crippen LogP contribution in [0.2, 0.25) is 0 Å². The third kappa shape index (κ3) is 4.60. The lowest BCUT2D eigenvalue weighted by Gasteiger charge is -2.37. The largest absolute Gasteiger partial charge is 0.381 e. The Morgan fingerprint density at radius 1 is 1.10 bits per heavy atom. The Balaban J connectivity index is 1.43. The summed E-state index contributed by atoms with van der Waals surface area (Å²) in [5.41, 5.74) is 1.16. The van der Waals surface area contributed by atoms with Crippen molar-refractivity contribution in [2.24, 2.45) is 0 Å². The summed E-state index contributed by atoms with van der Waals surface area (Å²) in [4.78, 5) is 29.5. The first-order valence-electron chi connectivity index (χ1n) is 10.4. The van der Waals surface area contributed by atoms with Crippen molar-refractivity contribution in [3.05, 3.63) is 48.0 Å². The SMILES string of the molecule is COC1CCN(C(=O)CC2C(=O)NCCN2Cc2ccc3ccccc3c2)CC1. The van der Waals surface area contributed by atoms with Crippen LogP contribution < -0.4 is 5.32 Å². The molecule has 2 aromatic carbocycles. The molecule has 0 saturated carbocycles. The first-order valence-corrected chi connectivity index (χ1v) is 10.4. The molecule has 0 radical (unpaired) electrons. The van der Waals surface area contributed by atoms with Gasteiger partial charge in [0.2, 0.25) is 11.8 Å². The third-order valence-electron chi connectivity index (χ3n) is 6.14. The molecule has 2 fully saturated rings. The molecule has 2 aliphatic rings. The minimum absolute atomic E-state index is 0.0443. The molecular formula is C23H29N3O3. The predicted octanol–water partition coefficient (Wildman–Crippen LogP) is 2.17. The van der Waals surface area contributed by atoms with Crippen LogP contribution >= 0.6 is 0 Å². The standard InChI is InChI=1S/C23H29N3O3/c1-29-20-8-11-25(12-9-20)22(27)15-21-23(28)24-10-13-26(21)16-17-6-7-18-4-2-3-5-19(18)14-17/h2-7,14,20-21H,8-13,15-16H2,1H3,(H,24,28). The fraction of sp³-hybridized carbons (Fsp3) is 0.478. The zero-order valence-corrected chi connectivity index (χ0v) is 17.0. The number of benzene rings is 2. The number of carbonyl (C=O) groups is 2. The number of piperazine rings is 1. The van der Waals surface area contributed by atoms with E-state index in [1.165, 1.54) is 10.8 Å². The highest BCUT2D eigenvalue weighted by atomic mass is 16.5. The van der Waals surface area contributed by atoms with Gasteiger partial charge in [0.15, 0.2) is 0 Å². The van der Waals surface area contributed by atoms with Crippen molar-refractivity contribution < 1.29 is 14.3 Å².